The van der Waals surface area contributed by atoms with E-state index in [1.807, 2.05) is 6.07 Å². The Kier molecular flexibility index (Phi) is 12.7. The second-order valence-electron chi connectivity index (χ2n) is 6.03. The molecule has 1 aromatic rings. The van der Waals surface area contributed by atoms with Crippen molar-refractivity contribution in [1.82, 2.24) is 0 Å². The Labute approximate surface area is 136 Å². The lowest BCUT2D eigenvalue weighted by molar-refractivity contribution is -0.107. The first-order valence-corrected chi connectivity index (χ1v) is 8.99. The fourth-order valence-electron chi connectivity index (χ4n) is 2.61. The second-order valence-corrected chi connectivity index (χ2v) is 6.03. The summed E-state index contributed by atoms with van der Waals surface area (Å²) in [6.45, 7) is 1.62. The molecule has 0 fully saturated rings. The predicted molar refractivity (Wildman–Crippen MR) is 92.9 cm³/mol. The van der Waals surface area contributed by atoms with Gasteiger partial charge in [-0.15, -0.1) is 0 Å². The van der Waals surface area contributed by atoms with Crippen LogP contribution >= 0.6 is 0 Å². The van der Waals surface area contributed by atoms with Gasteiger partial charge in [0.2, 0.25) is 0 Å². The first kappa shape index (κ1) is 18.9. The van der Waals surface area contributed by atoms with E-state index in [0.29, 0.717) is 0 Å². The Morgan fingerprint density at radius 1 is 0.727 bits per heavy atom. The maximum Gasteiger partial charge on any atom is 0.119 e. The largest absolute Gasteiger partial charge is 0.377 e. The molecule has 0 aliphatic rings. The van der Waals surface area contributed by atoms with Gasteiger partial charge >= 0.3 is 0 Å². The highest BCUT2D eigenvalue weighted by Gasteiger charge is 1.95. The van der Waals surface area contributed by atoms with Gasteiger partial charge in [-0.25, -0.2) is 0 Å². The lowest BCUT2D eigenvalue weighted by Gasteiger charge is -2.05. The van der Waals surface area contributed by atoms with E-state index < -0.39 is 0 Å². The Bertz CT molecular complexity index is 348. The summed E-state index contributed by atoms with van der Waals surface area (Å²) in [5.41, 5.74) is 1.26. The van der Waals surface area contributed by atoms with Crippen LogP contribution in [0.15, 0.2) is 30.3 Å². The van der Waals surface area contributed by atoms with Gasteiger partial charge in [0.25, 0.3) is 0 Å². The number of ether oxygens (including phenoxy) is 1. The topological polar surface area (TPSA) is 26.3 Å². The first-order valence-electron chi connectivity index (χ1n) is 8.99. The van der Waals surface area contributed by atoms with E-state index in [9.17, 15) is 4.79 Å². The lowest BCUT2D eigenvalue weighted by atomic mass is 10.1. The molecule has 0 aliphatic heterocycles. The highest BCUT2D eigenvalue weighted by Crippen LogP contribution is 2.11. The van der Waals surface area contributed by atoms with Gasteiger partial charge in [0.05, 0.1) is 6.61 Å². The van der Waals surface area contributed by atoms with Crippen molar-refractivity contribution in [3.05, 3.63) is 35.9 Å². The number of carbonyl (C=O) groups is 1. The third-order valence-electron chi connectivity index (χ3n) is 3.97. The monoisotopic (exact) mass is 304 g/mol. The van der Waals surface area contributed by atoms with Crippen LogP contribution in [0.2, 0.25) is 0 Å². The van der Waals surface area contributed by atoms with E-state index >= 15 is 0 Å². The minimum absolute atomic E-state index is 0.741. The average Bonchev–Trinajstić information content (AvgIpc) is 2.56. The molecule has 1 rings (SSSR count). The third kappa shape index (κ3) is 11.5. The van der Waals surface area contributed by atoms with Crippen LogP contribution in [0, 0.1) is 0 Å². The van der Waals surface area contributed by atoms with Gasteiger partial charge in [-0.3, -0.25) is 0 Å². The smallest absolute Gasteiger partial charge is 0.119 e. The third-order valence-corrected chi connectivity index (χ3v) is 3.97. The molecule has 0 spiro atoms. The quantitative estimate of drug-likeness (QED) is 0.307. The molecule has 0 atom stereocenters. The molecule has 2 heteroatoms. The van der Waals surface area contributed by atoms with Crippen LogP contribution in [0.25, 0.3) is 0 Å². The fourth-order valence-corrected chi connectivity index (χ4v) is 2.61. The number of rotatable bonds is 15. The Balaban J connectivity index is 1.74. The van der Waals surface area contributed by atoms with Crippen LogP contribution in [-0.2, 0) is 16.1 Å². The van der Waals surface area contributed by atoms with Gasteiger partial charge in [0, 0.05) is 13.0 Å². The summed E-state index contributed by atoms with van der Waals surface area (Å²) in [6, 6.07) is 10.4. The summed E-state index contributed by atoms with van der Waals surface area (Å²) >= 11 is 0. The molecule has 0 amide bonds. The molecule has 0 unspecified atom stereocenters. The molecule has 0 aliphatic carbocycles. The molecule has 0 saturated heterocycles. The van der Waals surface area contributed by atoms with Crippen molar-refractivity contribution in [3.8, 4) is 0 Å². The zero-order valence-electron chi connectivity index (χ0n) is 14.0. The van der Waals surface area contributed by atoms with E-state index in [4.69, 9.17) is 4.74 Å². The maximum absolute atomic E-state index is 10.2. The average molecular weight is 304 g/mol. The molecule has 0 aromatic heterocycles. The Morgan fingerprint density at radius 3 is 1.86 bits per heavy atom. The summed E-state index contributed by atoms with van der Waals surface area (Å²) in [4.78, 5) is 10.2. The van der Waals surface area contributed by atoms with E-state index in [-0.39, 0.29) is 0 Å². The molecule has 0 saturated carbocycles. The molecule has 22 heavy (non-hydrogen) atoms. The number of unbranched alkanes of at least 4 members (excludes halogenated alkanes) is 10. The van der Waals surface area contributed by atoms with Crippen LogP contribution in [0.4, 0.5) is 0 Å². The maximum atomic E-state index is 10.2. The normalized spacial score (nSPS) is 10.7. The number of carbonyl (C=O) groups excluding carboxylic acids is 1. The van der Waals surface area contributed by atoms with Gasteiger partial charge in [-0.2, -0.15) is 0 Å². The molecule has 2 nitrogen and oxygen atoms in total. The van der Waals surface area contributed by atoms with Crippen LogP contribution in [0.1, 0.15) is 76.2 Å². The summed E-state index contributed by atoms with van der Waals surface area (Å²) in [7, 11) is 0. The van der Waals surface area contributed by atoms with Gasteiger partial charge in [-0.1, -0.05) is 81.7 Å². The summed E-state index contributed by atoms with van der Waals surface area (Å²) < 4.78 is 5.69. The molecule has 0 heterocycles. The minimum Gasteiger partial charge on any atom is -0.377 e. The summed E-state index contributed by atoms with van der Waals surface area (Å²) in [5, 5.41) is 0. The standard InChI is InChI=1S/C20H32O2/c21-17-13-8-6-4-2-1-3-5-7-9-14-18-22-19-20-15-11-10-12-16-20/h10-12,15-17H,1-9,13-14,18-19H2. The highest BCUT2D eigenvalue weighted by atomic mass is 16.5. The van der Waals surface area contributed by atoms with Gasteiger partial charge in [-0.05, 0) is 18.4 Å². The molecule has 124 valence electrons. The second kappa shape index (κ2) is 14.8. The molecular weight excluding hydrogens is 272 g/mol. The highest BCUT2D eigenvalue weighted by molar-refractivity contribution is 5.48. The lowest BCUT2D eigenvalue weighted by Crippen LogP contribution is -1.95. The van der Waals surface area contributed by atoms with Gasteiger partial charge < -0.3 is 9.53 Å². The van der Waals surface area contributed by atoms with Crippen LogP contribution in [-0.4, -0.2) is 12.9 Å². The van der Waals surface area contributed by atoms with Crippen molar-refractivity contribution in [2.75, 3.05) is 6.61 Å². The SMILES string of the molecule is O=CCCCCCCCCCCCCOCc1ccccc1. The van der Waals surface area contributed by atoms with Gasteiger partial charge in [0.1, 0.15) is 6.29 Å². The van der Waals surface area contributed by atoms with Crippen molar-refractivity contribution in [1.29, 1.82) is 0 Å². The van der Waals surface area contributed by atoms with Crippen molar-refractivity contribution in [2.24, 2.45) is 0 Å². The van der Waals surface area contributed by atoms with E-state index in [2.05, 4.69) is 24.3 Å². The molecular formula is C20H32O2. The molecule has 0 N–H and O–H groups in total. The number of aldehydes is 1. The van der Waals surface area contributed by atoms with Crippen LogP contribution < -0.4 is 0 Å². The number of benzene rings is 1. The van der Waals surface area contributed by atoms with Crippen molar-refractivity contribution >= 4 is 6.29 Å². The first-order chi connectivity index (χ1) is 10.9. The Hall–Kier alpha value is -1.15. The van der Waals surface area contributed by atoms with E-state index in [0.717, 1.165) is 32.3 Å². The molecule has 0 bridgehead atoms. The number of hydrogen-bond donors (Lipinski definition) is 0. The minimum atomic E-state index is 0.741. The predicted octanol–water partition coefficient (Wildman–Crippen LogP) is 5.69. The zero-order chi connectivity index (χ0) is 15.7. The number of hydrogen-bond acceptors (Lipinski definition) is 2. The van der Waals surface area contributed by atoms with Crippen LogP contribution in [0.5, 0.6) is 0 Å². The van der Waals surface area contributed by atoms with E-state index in [1.165, 1.54) is 63.4 Å². The van der Waals surface area contributed by atoms with Crippen molar-refractivity contribution in [3.63, 3.8) is 0 Å². The van der Waals surface area contributed by atoms with Crippen LogP contribution in [0.3, 0.4) is 0 Å². The van der Waals surface area contributed by atoms with Crippen molar-refractivity contribution in [2.45, 2.75) is 77.2 Å². The Morgan fingerprint density at radius 2 is 1.27 bits per heavy atom. The fraction of sp³-hybridized carbons (Fsp3) is 0.650. The van der Waals surface area contributed by atoms with E-state index in [1.54, 1.807) is 0 Å². The summed E-state index contributed by atoms with van der Waals surface area (Å²) in [5.74, 6) is 0. The van der Waals surface area contributed by atoms with Crippen molar-refractivity contribution < 1.29 is 9.53 Å². The van der Waals surface area contributed by atoms with Gasteiger partial charge in [0.15, 0.2) is 0 Å². The summed E-state index contributed by atoms with van der Waals surface area (Å²) in [6.07, 6.45) is 14.6. The zero-order valence-corrected chi connectivity index (χ0v) is 14.0. The molecule has 1 aromatic carbocycles. The molecule has 0 radical (unpaired) electrons.